The molecule has 12 heavy (non-hydrogen) atoms. The quantitative estimate of drug-likeness (QED) is 0.623. The zero-order chi connectivity index (χ0) is 8.39. The summed E-state index contributed by atoms with van der Waals surface area (Å²) in [7, 11) is 0. The Morgan fingerprint density at radius 3 is 2.92 bits per heavy atom. The van der Waals surface area contributed by atoms with E-state index < -0.39 is 0 Å². The molecule has 3 nitrogen and oxygen atoms in total. The molecule has 0 spiro atoms. The van der Waals surface area contributed by atoms with Gasteiger partial charge in [-0.25, -0.2) is 9.67 Å². The van der Waals surface area contributed by atoms with Crippen molar-refractivity contribution in [2.45, 2.75) is 0 Å². The molecule has 2 aromatic rings. The third-order valence-electron chi connectivity index (χ3n) is 1.43. The molecule has 0 atom stereocenters. The van der Waals surface area contributed by atoms with Crippen LogP contribution < -0.4 is 0 Å². The summed E-state index contributed by atoms with van der Waals surface area (Å²) in [5.74, 6) is 0. The van der Waals surface area contributed by atoms with Gasteiger partial charge < -0.3 is 0 Å². The molecule has 2 heterocycles. The molecule has 0 saturated carbocycles. The Kier molecular flexibility index (Phi) is 1.80. The zero-order valence-corrected chi connectivity index (χ0v) is 6.86. The summed E-state index contributed by atoms with van der Waals surface area (Å²) in [6, 6.07) is 5.29. The summed E-state index contributed by atoms with van der Waals surface area (Å²) in [4.78, 5) is 3.93. The van der Waals surface area contributed by atoms with Crippen molar-refractivity contribution in [1.82, 2.24) is 14.8 Å². The summed E-state index contributed by atoms with van der Waals surface area (Å²) in [5.41, 5.74) is 0.876. The Morgan fingerprint density at radius 1 is 1.42 bits per heavy atom. The maximum atomic E-state index is 5.62. The molecule has 2 rings (SSSR count). The van der Waals surface area contributed by atoms with Gasteiger partial charge in [0.1, 0.15) is 11.3 Å². The van der Waals surface area contributed by atoms with Crippen LogP contribution in [0.15, 0.2) is 30.6 Å². The van der Waals surface area contributed by atoms with Crippen molar-refractivity contribution in [3.8, 4) is 5.69 Å². The van der Waals surface area contributed by atoms with Crippen molar-refractivity contribution in [1.29, 1.82) is 0 Å². The average Bonchev–Trinajstić information content (AvgIpc) is 2.58. The second kappa shape index (κ2) is 2.95. The van der Waals surface area contributed by atoms with Gasteiger partial charge in [0.15, 0.2) is 0 Å². The van der Waals surface area contributed by atoms with Crippen molar-refractivity contribution < 1.29 is 0 Å². The summed E-state index contributed by atoms with van der Waals surface area (Å²) < 4.78 is 1.67. The standard InChI is InChI=1S/C8H5ClN3/c9-8-3-2-7(6-10-8)12-5-1-4-11-12/h1-3,5-6H. The number of rotatable bonds is 1. The van der Waals surface area contributed by atoms with E-state index in [9.17, 15) is 0 Å². The van der Waals surface area contributed by atoms with Gasteiger partial charge in [-0.05, 0) is 18.2 Å². The van der Waals surface area contributed by atoms with Crippen molar-refractivity contribution >= 4 is 11.6 Å². The third kappa shape index (κ3) is 1.31. The second-order valence-corrected chi connectivity index (χ2v) is 2.62. The molecule has 1 radical (unpaired) electrons. The molecule has 0 aliphatic heterocycles. The monoisotopic (exact) mass is 178 g/mol. The number of hydrogen-bond acceptors (Lipinski definition) is 2. The minimum absolute atomic E-state index is 0.481. The summed E-state index contributed by atoms with van der Waals surface area (Å²) >= 11 is 5.62. The van der Waals surface area contributed by atoms with Crippen LogP contribution in [0.5, 0.6) is 0 Å². The van der Waals surface area contributed by atoms with E-state index in [1.807, 2.05) is 6.07 Å². The fourth-order valence-corrected chi connectivity index (χ4v) is 0.992. The van der Waals surface area contributed by atoms with E-state index in [1.165, 1.54) is 0 Å². The van der Waals surface area contributed by atoms with Crippen LogP contribution in [0, 0.1) is 6.20 Å². The lowest BCUT2D eigenvalue weighted by Gasteiger charge is -1.98. The lowest BCUT2D eigenvalue weighted by atomic mass is 10.4. The van der Waals surface area contributed by atoms with E-state index >= 15 is 0 Å². The van der Waals surface area contributed by atoms with E-state index in [0.717, 1.165) is 5.69 Å². The molecule has 0 aliphatic rings. The average molecular weight is 179 g/mol. The van der Waals surface area contributed by atoms with Gasteiger partial charge in [-0.15, -0.1) is 0 Å². The Labute approximate surface area is 74.6 Å². The van der Waals surface area contributed by atoms with Gasteiger partial charge >= 0.3 is 0 Å². The lowest BCUT2D eigenvalue weighted by Crippen LogP contribution is -1.94. The minimum atomic E-state index is 0.481. The van der Waals surface area contributed by atoms with Crippen LogP contribution >= 0.6 is 11.6 Å². The number of halogens is 1. The number of hydrogen-bond donors (Lipinski definition) is 0. The van der Waals surface area contributed by atoms with Crippen LogP contribution in [0.4, 0.5) is 0 Å². The van der Waals surface area contributed by atoms with E-state index in [4.69, 9.17) is 11.6 Å². The highest BCUT2D eigenvalue weighted by molar-refractivity contribution is 6.29. The Morgan fingerprint density at radius 2 is 2.33 bits per heavy atom. The van der Waals surface area contributed by atoms with Crippen molar-refractivity contribution in [2.24, 2.45) is 0 Å². The summed E-state index contributed by atoms with van der Waals surface area (Å²) in [5, 5.41) is 4.41. The second-order valence-electron chi connectivity index (χ2n) is 2.23. The summed E-state index contributed by atoms with van der Waals surface area (Å²) in [6.07, 6.45) is 6.15. The number of aromatic nitrogens is 3. The molecule has 59 valence electrons. The maximum absolute atomic E-state index is 5.62. The molecular weight excluding hydrogens is 174 g/mol. The molecule has 0 unspecified atom stereocenters. The first kappa shape index (κ1) is 7.31. The van der Waals surface area contributed by atoms with Gasteiger partial charge in [0, 0.05) is 6.20 Å². The first-order valence-electron chi connectivity index (χ1n) is 3.40. The first-order valence-corrected chi connectivity index (χ1v) is 3.78. The van der Waals surface area contributed by atoms with Gasteiger partial charge in [0.2, 0.25) is 0 Å². The lowest BCUT2D eigenvalue weighted by molar-refractivity contribution is 0.871. The van der Waals surface area contributed by atoms with Crippen molar-refractivity contribution in [3.05, 3.63) is 41.9 Å². The number of nitrogens with zero attached hydrogens (tertiary/aromatic N) is 3. The molecule has 0 saturated heterocycles. The van der Waals surface area contributed by atoms with Gasteiger partial charge in [0.25, 0.3) is 0 Å². The van der Waals surface area contributed by atoms with E-state index in [1.54, 1.807) is 29.2 Å². The smallest absolute Gasteiger partial charge is 0.129 e. The van der Waals surface area contributed by atoms with Crippen molar-refractivity contribution in [3.63, 3.8) is 0 Å². The molecule has 4 heteroatoms. The van der Waals surface area contributed by atoms with Crippen LogP contribution in [0.2, 0.25) is 5.15 Å². The summed E-state index contributed by atoms with van der Waals surface area (Å²) in [6.45, 7) is 0. The molecule has 0 aliphatic carbocycles. The predicted molar refractivity (Wildman–Crippen MR) is 45.2 cm³/mol. The molecule has 0 amide bonds. The van der Waals surface area contributed by atoms with Crippen molar-refractivity contribution in [2.75, 3.05) is 0 Å². The molecule has 0 fully saturated rings. The van der Waals surface area contributed by atoms with Gasteiger partial charge in [-0.3, -0.25) is 0 Å². The van der Waals surface area contributed by atoms with Crippen LogP contribution in [-0.2, 0) is 0 Å². The highest BCUT2D eigenvalue weighted by Gasteiger charge is 1.95. The molecule has 0 aromatic carbocycles. The van der Waals surface area contributed by atoms with Gasteiger partial charge in [-0.2, -0.15) is 5.10 Å². The first-order chi connectivity index (χ1) is 5.86. The molecule has 0 N–H and O–H groups in total. The highest BCUT2D eigenvalue weighted by Crippen LogP contribution is 2.07. The van der Waals surface area contributed by atoms with Crippen LogP contribution in [-0.4, -0.2) is 14.8 Å². The fraction of sp³-hybridized carbons (Fsp3) is 0. The molecule has 0 bridgehead atoms. The molecule has 2 aromatic heterocycles. The number of pyridine rings is 1. The van der Waals surface area contributed by atoms with E-state index in [-0.39, 0.29) is 0 Å². The van der Waals surface area contributed by atoms with Gasteiger partial charge in [-0.1, -0.05) is 11.6 Å². The van der Waals surface area contributed by atoms with Crippen LogP contribution in [0.1, 0.15) is 0 Å². The zero-order valence-electron chi connectivity index (χ0n) is 6.11. The SMILES string of the molecule is Clc1ccc(-n2cc[c]n2)cn1. The largest absolute Gasteiger partial charge is 0.242 e. The third-order valence-corrected chi connectivity index (χ3v) is 1.66. The van der Waals surface area contributed by atoms with E-state index in [0.29, 0.717) is 5.15 Å². The fourth-order valence-electron chi connectivity index (χ4n) is 0.880. The predicted octanol–water partition coefficient (Wildman–Crippen LogP) is 1.72. The minimum Gasteiger partial charge on any atom is -0.242 e. The van der Waals surface area contributed by atoms with Gasteiger partial charge in [0.05, 0.1) is 11.9 Å². The van der Waals surface area contributed by atoms with E-state index in [2.05, 4.69) is 16.3 Å². The Balaban J connectivity index is 2.43. The highest BCUT2D eigenvalue weighted by atomic mass is 35.5. The Hall–Kier alpha value is -1.35. The maximum Gasteiger partial charge on any atom is 0.129 e. The molecular formula is C8H5ClN3. The topological polar surface area (TPSA) is 30.7 Å². The van der Waals surface area contributed by atoms with Crippen LogP contribution in [0.3, 0.4) is 0 Å². The normalized spacial score (nSPS) is 10.1. The van der Waals surface area contributed by atoms with Crippen LogP contribution in [0.25, 0.3) is 5.69 Å². The Bertz CT molecular complexity index is 352.